The molecule has 50 heavy (non-hydrogen) atoms. The molecule has 0 saturated heterocycles. The van der Waals surface area contributed by atoms with Crippen molar-refractivity contribution in [3.63, 3.8) is 0 Å². The molecule has 10 rings (SSSR count). The second-order valence-electron chi connectivity index (χ2n) is 12.9. The zero-order chi connectivity index (χ0) is 33.0. The van der Waals surface area contributed by atoms with Crippen LogP contribution in [0.25, 0.3) is 76.5 Å². The molecule has 2 heteroatoms. The number of benzene rings is 9. The van der Waals surface area contributed by atoms with E-state index in [1.165, 1.54) is 54.6 Å². The number of fused-ring (bicyclic) bond motifs is 8. The number of hydrogen-bond donors (Lipinski definition) is 0. The van der Waals surface area contributed by atoms with Gasteiger partial charge >= 0.3 is 0 Å². The molecule has 2 nitrogen and oxygen atoms in total. The molecular formula is C48H31NO. The van der Waals surface area contributed by atoms with Gasteiger partial charge in [-0.05, 0) is 103 Å². The van der Waals surface area contributed by atoms with E-state index in [0.29, 0.717) is 0 Å². The lowest BCUT2D eigenvalue weighted by molar-refractivity contribution is 0.669. The smallest absolute Gasteiger partial charge is 0.135 e. The maximum absolute atomic E-state index is 6.25. The molecule has 0 amide bonds. The number of hydrogen-bond acceptors (Lipinski definition) is 2. The molecule has 0 unspecified atom stereocenters. The van der Waals surface area contributed by atoms with Crippen molar-refractivity contribution >= 4 is 71.3 Å². The zero-order valence-electron chi connectivity index (χ0n) is 27.3. The van der Waals surface area contributed by atoms with Crippen LogP contribution < -0.4 is 4.90 Å². The third-order valence-corrected chi connectivity index (χ3v) is 10.0. The van der Waals surface area contributed by atoms with E-state index in [-0.39, 0.29) is 0 Å². The molecule has 1 aromatic heterocycles. The second kappa shape index (κ2) is 11.5. The fraction of sp³-hybridized carbons (Fsp3) is 0. The third kappa shape index (κ3) is 4.65. The van der Waals surface area contributed by atoms with Gasteiger partial charge in [-0.25, -0.2) is 0 Å². The normalized spacial score (nSPS) is 11.6. The Balaban J connectivity index is 1.21. The highest BCUT2D eigenvalue weighted by atomic mass is 16.3. The number of furan rings is 1. The molecule has 9 aromatic carbocycles. The Kier molecular flexibility index (Phi) is 6.53. The number of anilines is 3. The first-order chi connectivity index (χ1) is 24.8. The van der Waals surface area contributed by atoms with Crippen LogP contribution in [-0.4, -0.2) is 0 Å². The Morgan fingerprint density at radius 3 is 1.64 bits per heavy atom. The molecule has 0 radical (unpaired) electrons. The van der Waals surface area contributed by atoms with Crippen LogP contribution in [0.3, 0.4) is 0 Å². The molecule has 0 spiro atoms. The molecule has 0 aliphatic heterocycles. The van der Waals surface area contributed by atoms with Gasteiger partial charge in [-0.1, -0.05) is 140 Å². The molecule has 10 aromatic rings. The lowest BCUT2D eigenvalue weighted by Gasteiger charge is -2.27. The maximum atomic E-state index is 6.25. The van der Waals surface area contributed by atoms with E-state index in [9.17, 15) is 0 Å². The summed E-state index contributed by atoms with van der Waals surface area (Å²) in [5, 5.41) is 9.76. The van der Waals surface area contributed by atoms with Gasteiger partial charge in [0, 0.05) is 27.8 Å². The van der Waals surface area contributed by atoms with Gasteiger partial charge in [0.15, 0.2) is 0 Å². The summed E-state index contributed by atoms with van der Waals surface area (Å²) in [6.07, 6.45) is 0. The van der Waals surface area contributed by atoms with Gasteiger partial charge in [-0.15, -0.1) is 0 Å². The lowest BCUT2D eigenvalue weighted by Crippen LogP contribution is -2.10. The Labute approximate surface area is 290 Å². The predicted molar refractivity (Wildman–Crippen MR) is 212 cm³/mol. The fourth-order valence-electron chi connectivity index (χ4n) is 7.65. The van der Waals surface area contributed by atoms with Crippen LogP contribution in [0, 0.1) is 0 Å². The molecule has 0 N–H and O–H groups in total. The van der Waals surface area contributed by atoms with Crippen LogP contribution in [0.2, 0.25) is 0 Å². The number of nitrogens with zero attached hydrogens (tertiary/aromatic N) is 1. The van der Waals surface area contributed by atoms with Gasteiger partial charge in [0.25, 0.3) is 0 Å². The maximum Gasteiger partial charge on any atom is 0.135 e. The highest BCUT2D eigenvalue weighted by Crippen LogP contribution is 2.43. The summed E-state index contributed by atoms with van der Waals surface area (Å²) >= 11 is 0. The Hall–Kier alpha value is -6.64. The summed E-state index contributed by atoms with van der Waals surface area (Å²) in [5.41, 5.74) is 9.80. The zero-order valence-corrected chi connectivity index (χ0v) is 27.3. The fourth-order valence-corrected chi connectivity index (χ4v) is 7.65. The topological polar surface area (TPSA) is 16.4 Å². The van der Waals surface area contributed by atoms with Crippen LogP contribution in [0.4, 0.5) is 17.1 Å². The van der Waals surface area contributed by atoms with Gasteiger partial charge in [0.1, 0.15) is 11.2 Å². The lowest BCUT2D eigenvalue weighted by atomic mass is 9.93. The van der Waals surface area contributed by atoms with E-state index in [2.05, 4.69) is 181 Å². The van der Waals surface area contributed by atoms with Crippen molar-refractivity contribution in [3.05, 3.63) is 188 Å². The van der Waals surface area contributed by atoms with E-state index in [1.807, 2.05) is 12.1 Å². The quantitative estimate of drug-likeness (QED) is 0.175. The Morgan fingerprint density at radius 1 is 0.300 bits per heavy atom. The van der Waals surface area contributed by atoms with E-state index in [4.69, 9.17) is 4.42 Å². The van der Waals surface area contributed by atoms with Crippen molar-refractivity contribution < 1.29 is 4.42 Å². The molecule has 0 aliphatic rings. The standard InChI is InChI=1S/C48H31NO/c1-3-11-32(12-4-1)40-26-22-37(30-45(40)33-13-5-2-6-14-33)49(38-23-28-48-46(31-38)44-17-9-10-18-47(44)50-48)36-21-27-41-35(29-36)20-25-42-39-16-8-7-15-34(39)19-24-43(41)42/h1-31H. The first kappa shape index (κ1) is 28.4. The molecule has 234 valence electrons. The van der Waals surface area contributed by atoms with Crippen LogP contribution in [0.5, 0.6) is 0 Å². The first-order valence-corrected chi connectivity index (χ1v) is 17.1. The van der Waals surface area contributed by atoms with Crippen molar-refractivity contribution in [1.29, 1.82) is 0 Å². The summed E-state index contributed by atoms with van der Waals surface area (Å²) in [6.45, 7) is 0. The summed E-state index contributed by atoms with van der Waals surface area (Å²) in [4.78, 5) is 2.38. The number of rotatable bonds is 5. The molecular weight excluding hydrogens is 607 g/mol. The van der Waals surface area contributed by atoms with Gasteiger partial charge in [0.2, 0.25) is 0 Å². The van der Waals surface area contributed by atoms with Crippen LogP contribution in [-0.2, 0) is 0 Å². The van der Waals surface area contributed by atoms with Crippen molar-refractivity contribution in [2.75, 3.05) is 4.90 Å². The molecule has 1 heterocycles. The average molecular weight is 638 g/mol. The summed E-state index contributed by atoms with van der Waals surface area (Å²) < 4.78 is 6.25. The molecule has 0 bridgehead atoms. The van der Waals surface area contributed by atoms with Crippen LogP contribution in [0.1, 0.15) is 0 Å². The summed E-state index contributed by atoms with van der Waals surface area (Å²) in [6, 6.07) is 67.6. The van der Waals surface area contributed by atoms with Crippen molar-refractivity contribution in [2.24, 2.45) is 0 Å². The highest BCUT2D eigenvalue weighted by Gasteiger charge is 2.19. The van der Waals surface area contributed by atoms with Crippen molar-refractivity contribution in [1.82, 2.24) is 0 Å². The van der Waals surface area contributed by atoms with Crippen molar-refractivity contribution in [3.8, 4) is 22.3 Å². The van der Waals surface area contributed by atoms with Gasteiger partial charge in [-0.2, -0.15) is 0 Å². The van der Waals surface area contributed by atoms with Gasteiger partial charge in [-0.3, -0.25) is 0 Å². The number of para-hydroxylation sites is 1. The molecule has 0 saturated carbocycles. The second-order valence-corrected chi connectivity index (χ2v) is 12.9. The highest BCUT2D eigenvalue weighted by molar-refractivity contribution is 6.17. The summed E-state index contributed by atoms with van der Waals surface area (Å²) in [7, 11) is 0. The van der Waals surface area contributed by atoms with E-state index >= 15 is 0 Å². The predicted octanol–water partition coefficient (Wildman–Crippen LogP) is 13.8. The Morgan fingerprint density at radius 2 is 0.840 bits per heavy atom. The van der Waals surface area contributed by atoms with E-state index < -0.39 is 0 Å². The van der Waals surface area contributed by atoms with Gasteiger partial charge < -0.3 is 9.32 Å². The van der Waals surface area contributed by atoms with E-state index in [1.54, 1.807) is 0 Å². The average Bonchev–Trinajstić information content (AvgIpc) is 3.56. The molecule has 0 fully saturated rings. The Bertz CT molecular complexity index is 2870. The molecule has 0 atom stereocenters. The summed E-state index contributed by atoms with van der Waals surface area (Å²) in [5.74, 6) is 0. The third-order valence-electron chi connectivity index (χ3n) is 10.0. The van der Waals surface area contributed by atoms with Crippen LogP contribution >= 0.6 is 0 Å². The van der Waals surface area contributed by atoms with Crippen molar-refractivity contribution in [2.45, 2.75) is 0 Å². The largest absolute Gasteiger partial charge is 0.456 e. The SMILES string of the molecule is c1ccc(-c2ccc(N(c3ccc4c(ccc5c6ccccc6ccc45)c3)c3ccc4oc5ccccc5c4c3)cc2-c2ccccc2)cc1. The first-order valence-electron chi connectivity index (χ1n) is 17.1. The minimum absolute atomic E-state index is 0.886. The van der Waals surface area contributed by atoms with Crippen LogP contribution in [0.15, 0.2) is 192 Å². The van der Waals surface area contributed by atoms with E-state index in [0.717, 1.165) is 39.0 Å². The van der Waals surface area contributed by atoms with Gasteiger partial charge in [0.05, 0.1) is 0 Å². The minimum atomic E-state index is 0.886. The monoisotopic (exact) mass is 637 g/mol. The minimum Gasteiger partial charge on any atom is -0.456 e. The molecule has 0 aliphatic carbocycles.